The van der Waals surface area contributed by atoms with Crippen molar-refractivity contribution >= 4 is 21.8 Å². The lowest BCUT2D eigenvalue weighted by Crippen LogP contribution is -2.51. The van der Waals surface area contributed by atoms with E-state index < -0.39 is 15.4 Å². The highest BCUT2D eigenvalue weighted by Gasteiger charge is 2.46. The quantitative estimate of drug-likeness (QED) is 0.458. The van der Waals surface area contributed by atoms with Crippen molar-refractivity contribution in [2.45, 2.75) is 37.0 Å². The molecule has 3 aromatic rings. The number of methoxy groups -OCH3 is 1. The summed E-state index contributed by atoms with van der Waals surface area (Å²) in [5, 5.41) is 4.58. The van der Waals surface area contributed by atoms with Gasteiger partial charge in [0.2, 0.25) is 10.0 Å². The summed E-state index contributed by atoms with van der Waals surface area (Å²) < 4.78 is 50.1. The fourth-order valence-corrected chi connectivity index (χ4v) is 7.75. The standard InChI is InChI=1S/C29H33FN4O3S/c1-37-21-29-18-22-19-31-34(26-7-5-24(30)6-8-26)28(22)17-23(29)13-16-33(20-29)38(35,36)27-11-9-25(10-12-27)32-14-3-2-4-15-32/h5-12,17,19H,2-4,13-16,18,20-21H2,1H3/t29-/m1/s1. The highest BCUT2D eigenvalue weighted by atomic mass is 32.2. The molecule has 2 aromatic carbocycles. The van der Waals surface area contributed by atoms with Crippen molar-refractivity contribution in [3.05, 3.63) is 77.4 Å². The third kappa shape index (κ3) is 4.46. The van der Waals surface area contributed by atoms with Gasteiger partial charge in [0.15, 0.2) is 0 Å². The number of benzene rings is 2. The number of ether oxygens (including phenoxy) is 1. The second-order valence-corrected chi connectivity index (χ2v) is 12.6. The van der Waals surface area contributed by atoms with Gasteiger partial charge in [0.05, 0.1) is 29.1 Å². The van der Waals surface area contributed by atoms with Crippen LogP contribution in [0.4, 0.5) is 10.1 Å². The number of halogens is 1. The summed E-state index contributed by atoms with van der Waals surface area (Å²) in [4.78, 5) is 2.66. The van der Waals surface area contributed by atoms with E-state index in [1.807, 2.05) is 23.0 Å². The molecule has 0 amide bonds. The van der Waals surface area contributed by atoms with Gasteiger partial charge in [0, 0.05) is 44.4 Å². The third-order valence-corrected chi connectivity index (χ3v) is 10.1. The van der Waals surface area contributed by atoms with Gasteiger partial charge in [-0.3, -0.25) is 0 Å². The smallest absolute Gasteiger partial charge is 0.243 e. The van der Waals surface area contributed by atoms with Crippen molar-refractivity contribution in [1.82, 2.24) is 14.1 Å². The summed E-state index contributed by atoms with van der Waals surface area (Å²) in [5.74, 6) is -0.290. The first-order valence-corrected chi connectivity index (χ1v) is 14.7. The molecular weight excluding hydrogens is 503 g/mol. The lowest BCUT2D eigenvalue weighted by Gasteiger charge is -2.45. The number of piperidine rings is 2. The van der Waals surface area contributed by atoms with Gasteiger partial charge in [-0.1, -0.05) is 5.57 Å². The number of nitrogens with zero attached hydrogens (tertiary/aromatic N) is 4. The molecule has 1 atom stereocenters. The topological polar surface area (TPSA) is 67.7 Å². The Kier molecular flexibility index (Phi) is 6.62. The third-order valence-electron chi connectivity index (χ3n) is 8.20. The Morgan fingerprint density at radius 2 is 1.68 bits per heavy atom. The molecule has 0 unspecified atom stereocenters. The molecule has 9 heteroatoms. The van der Waals surface area contributed by atoms with Crippen molar-refractivity contribution in [2.75, 3.05) is 44.8 Å². The molecule has 2 aliphatic heterocycles. The fourth-order valence-electron chi connectivity index (χ4n) is 6.22. The lowest BCUT2D eigenvalue weighted by molar-refractivity contribution is 0.0733. The normalized spacial score (nSPS) is 22.1. The van der Waals surface area contributed by atoms with Gasteiger partial charge < -0.3 is 9.64 Å². The Morgan fingerprint density at radius 1 is 0.974 bits per heavy atom. The molecule has 6 rings (SSSR count). The van der Waals surface area contributed by atoms with Crippen LogP contribution in [-0.4, -0.2) is 62.4 Å². The van der Waals surface area contributed by atoms with Crippen LogP contribution in [0.25, 0.3) is 11.8 Å². The van der Waals surface area contributed by atoms with E-state index in [9.17, 15) is 12.8 Å². The molecule has 7 nitrogen and oxygen atoms in total. The monoisotopic (exact) mass is 536 g/mol. The molecule has 0 bridgehead atoms. The minimum absolute atomic E-state index is 0.290. The van der Waals surface area contributed by atoms with E-state index in [-0.39, 0.29) is 5.82 Å². The van der Waals surface area contributed by atoms with Gasteiger partial charge >= 0.3 is 0 Å². The second-order valence-electron chi connectivity index (χ2n) is 10.6. The summed E-state index contributed by atoms with van der Waals surface area (Å²) in [6, 6.07) is 13.7. The predicted molar refractivity (Wildman–Crippen MR) is 145 cm³/mol. The zero-order valence-electron chi connectivity index (χ0n) is 21.6. The van der Waals surface area contributed by atoms with Crippen molar-refractivity contribution in [1.29, 1.82) is 0 Å². The van der Waals surface area contributed by atoms with Gasteiger partial charge in [0.25, 0.3) is 0 Å². The van der Waals surface area contributed by atoms with Gasteiger partial charge in [-0.05, 0) is 92.3 Å². The zero-order valence-corrected chi connectivity index (χ0v) is 22.5. The number of fused-ring (bicyclic) bond motifs is 2. The van der Waals surface area contributed by atoms with Crippen molar-refractivity contribution in [3.8, 4) is 5.69 Å². The van der Waals surface area contributed by atoms with E-state index in [2.05, 4.69) is 16.1 Å². The summed E-state index contributed by atoms with van der Waals surface area (Å²) in [5.41, 5.74) is 4.57. The maximum Gasteiger partial charge on any atom is 0.243 e. The molecule has 0 radical (unpaired) electrons. The predicted octanol–water partition coefficient (Wildman–Crippen LogP) is 4.67. The summed E-state index contributed by atoms with van der Waals surface area (Å²) in [6.07, 6.45) is 8.81. The van der Waals surface area contributed by atoms with E-state index in [4.69, 9.17) is 4.74 Å². The Morgan fingerprint density at radius 3 is 2.39 bits per heavy atom. The molecular formula is C29H33FN4O3S. The molecule has 2 saturated heterocycles. The number of rotatable bonds is 6. The Balaban J connectivity index is 1.27. The Hall–Kier alpha value is -3.01. The van der Waals surface area contributed by atoms with Crippen LogP contribution in [0, 0.1) is 11.2 Å². The zero-order chi connectivity index (χ0) is 26.3. The molecule has 200 valence electrons. The molecule has 3 heterocycles. The summed E-state index contributed by atoms with van der Waals surface area (Å²) >= 11 is 0. The molecule has 2 fully saturated rings. The van der Waals surface area contributed by atoms with Crippen molar-refractivity contribution < 1.29 is 17.5 Å². The molecule has 0 saturated carbocycles. The number of hydrogen-bond acceptors (Lipinski definition) is 5. The van der Waals surface area contributed by atoms with Crippen LogP contribution in [0.1, 0.15) is 36.9 Å². The van der Waals surface area contributed by atoms with Gasteiger partial charge in [-0.2, -0.15) is 9.40 Å². The maximum atomic E-state index is 13.8. The number of sulfonamides is 1. The van der Waals surface area contributed by atoms with E-state index in [1.54, 1.807) is 35.7 Å². The number of hydrogen-bond donors (Lipinski definition) is 0. The largest absolute Gasteiger partial charge is 0.384 e. The Bertz CT molecular complexity index is 1440. The van der Waals surface area contributed by atoms with E-state index in [1.165, 1.54) is 37.0 Å². The molecule has 38 heavy (non-hydrogen) atoms. The van der Waals surface area contributed by atoms with Gasteiger partial charge in [-0.15, -0.1) is 0 Å². The molecule has 1 aromatic heterocycles. The minimum atomic E-state index is -3.66. The summed E-state index contributed by atoms with van der Waals surface area (Å²) in [6.45, 7) is 3.22. The molecule has 1 aliphatic carbocycles. The summed E-state index contributed by atoms with van der Waals surface area (Å²) in [7, 11) is -2.00. The first-order valence-electron chi connectivity index (χ1n) is 13.3. The van der Waals surface area contributed by atoms with Crippen LogP contribution >= 0.6 is 0 Å². The van der Waals surface area contributed by atoms with Crippen LogP contribution in [0.5, 0.6) is 0 Å². The number of anilines is 1. The Labute approximate surface area is 223 Å². The second kappa shape index (κ2) is 9.94. The van der Waals surface area contributed by atoms with Crippen molar-refractivity contribution in [3.63, 3.8) is 0 Å². The van der Waals surface area contributed by atoms with Crippen LogP contribution < -0.4 is 4.90 Å². The van der Waals surface area contributed by atoms with Crippen LogP contribution in [0.2, 0.25) is 0 Å². The van der Waals surface area contributed by atoms with E-state index in [0.29, 0.717) is 37.4 Å². The maximum absolute atomic E-state index is 13.8. The first-order chi connectivity index (χ1) is 18.4. The van der Waals surface area contributed by atoms with E-state index in [0.717, 1.165) is 35.7 Å². The highest BCUT2D eigenvalue weighted by Crippen LogP contribution is 2.45. The van der Waals surface area contributed by atoms with Crippen LogP contribution in [-0.2, 0) is 21.2 Å². The van der Waals surface area contributed by atoms with Crippen LogP contribution in [0.15, 0.2) is 65.2 Å². The lowest BCUT2D eigenvalue weighted by atomic mass is 9.69. The molecule has 0 spiro atoms. The SMILES string of the molecule is COC[C@]12Cc3cnn(-c4ccc(F)cc4)c3C=C1CCN(S(=O)(=O)c1ccc(N3CCCCC3)cc1)C2. The van der Waals surface area contributed by atoms with Crippen LogP contribution in [0.3, 0.4) is 0 Å². The van der Waals surface area contributed by atoms with Gasteiger partial charge in [-0.25, -0.2) is 17.5 Å². The molecule has 0 N–H and O–H groups in total. The molecule has 3 aliphatic rings. The van der Waals surface area contributed by atoms with E-state index >= 15 is 0 Å². The van der Waals surface area contributed by atoms with Gasteiger partial charge in [0.1, 0.15) is 5.82 Å². The first kappa shape index (κ1) is 25.3. The average molecular weight is 537 g/mol. The highest BCUT2D eigenvalue weighted by molar-refractivity contribution is 7.89. The fraction of sp³-hybridized carbons (Fsp3) is 0.414. The average Bonchev–Trinajstić information content (AvgIpc) is 3.34. The van der Waals surface area contributed by atoms with Crippen molar-refractivity contribution in [2.24, 2.45) is 5.41 Å². The minimum Gasteiger partial charge on any atom is -0.384 e. The number of aromatic nitrogens is 2.